The summed E-state index contributed by atoms with van der Waals surface area (Å²) >= 11 is 0. The molecule has 2 aliphatic heterocycles. The molecule has 2 atom stereocenters. The summed E-state index contributed by atoms with van der Waals surface area (Å²) in [5, 5.41) is 0. The second-order valence-corrected chi connectivity index (χ2v) is 4.24. The van der Waals surface area contributed by atoms with Gasteiger partial charge in [0, 0.05) is 23.5 Å². The molecule has 0 N–H and O–H groups in total. The Hall–Kier alpha value is -0.850. The molecule has 2 unspecified atom stereocenters. The number of rotatable bonds is 0. The fourth-order valence-corrected chi connectivity index (χ4v) is 2.20. The van der Waals surface area contributed by atoms with Gasteiger partial charge in [0.25, 0.3) is 0 Å². The molecule has 0 aromatic heterocycles. The van der Waals surface area contributed by atoms with Crippen molar-refractivity contribution in [1.82, 2.24) is 0 Å². The largest absolute Gasteiger partial charge is 0.232 e. The Morgan fingerprint density at radius 2 is 2.33 bits per heavy atom. The molecule has 64 valence electrons. The van der Waals surface area contributed by atoms with Crippen LogP contribution in [0.25, 0.3) is 0 Å². The van der Waals surface area contributed by atoms with Gasteiger partial charge in [-0.3, -0.25) is 0 Å². The second kappa shape index (κ2) is 2.09. The minimum Gasteiger partial charge on any atom is -0.232 e. The Bertz CT molecular complexity index is 309. The summed E-state index contributed by atoms with van der Waals surface area (Å²) in [4.78, 5) is 0. The average molecular weight is 162 g/mol. The van der Waals surface area contributed by atoms with Crippen LogP contribution in [0.5, 0.6) is 0 Å². The smallest absolute Gasteiger partial charge is 0.175 e. The van der Waals surface area contributed by atoms with Crippen LogP contribution >= 0.6 is 0 Å². The van der Waals surface area contributed by atoms with Crippen LogP contribution < -0.4 is 0 Å². The molecule has 1 nitrogen and oxygen atoms in total. The maximum absolute atomic E-state index is 4.18. The third kappa shape index (κ3) is 0.715. The van der Waals surface area contributed by atoms with Crippen molar-refractivity contribution in [3.63, 3.8) is 0 Å². The third-order valence-electron chi connectivity index (χ3n) is 3.63. The molecule has 0 amide bonds. The Morgan fingerprint density at radius 3 is 2.92 bits per heavy atom. The van der Waals surface area contributed by atoms with Gasteiger partial charge in [0.2, 0.25) is 0 Å². The lowest BCUT2D eigenvalue weighted by Crippen LogP contribution is -2.46. The van der Waals surface area contributed by atoms with Gasteiger partial charge < -0.3 is 0 Å². The molecule has 3 rings (SSSR count). The molecule has 1 fully saturated rings. The van der Waals surface area contributed by atoms with E-state index in [-0.39, 0.29) is 0 Å². The first-order chi connectivity index (χ1) is 5.55. The van der Waals surface area contributed by atoms with Gasteiger partial charge in [-0.1, -0.05) is 19.1 Å². The molecule has 0 aromatic rings. The minimum absolute atomic E-state index is 0.298. The van der Waals surface area contributed by atoms with Gasteiger partial charge in [0.15, 0.2) is 12.3 Å². The van der Waals surface area contributed by atoms with Crippen LogP contribution in [0.2, 0.25) is 0 Å². The zero-order chi connectivity index (χ0) is 8.93. The van der Waals surface area contributed by atoms with E-state index in [1.165, 1.54) is 17.6 Å². The molecule has 0 aromatic carbocycles. The molecule has 0 spiro atoms. The van der Waals surface area contributed by atoms with Gasteiger partial charge in [-0.15, -0.1) is 0 Å². The molecule has 12 heavy (non-hydrogen) atoms. The molecule has 0 radical (unpaired) electrons. The molecule has 2 heterocycles. The molecule has 0 saturated heterocycles. The summed E-state index contributed by atoms with van der Waals surface area (Å²) in [6, 6.07) is 0.587. The number of fused-ring (bicyclic) bond motifs is 1. The average Bonchev–Trinajstić information content (AvgIpc) is 2.20. The van der Waals surface area contributed by atoms with Gasteiger partial charge in [0.1, 0.15) is 7.05 Å². The number of nitrogens with zero attached hydrogens (tertiary/aromatic N) is 1. The monoisotopic (exact) mass is 162 g/mol. The predicted octanol–water partition coefficient (Wildman–Crippen LogP) is 1.99. The Morgan fingerprint density at radius 1 is 1.67 bits per heavy atom. The summed E-state index contributed by atoms with van der Waals surface area (Å²) in [6.45, 7) is 8.68. The summed E-state index contributed by atoms with van der Waals surface area (Å²) < 4.78 is 2.26. The van der Waals surface area contributed by atoms with E-state index in [0.29, 0.717) is 11.5 Å². The summed E-state index contributed by atoms with van der Waals surface area (Å²) in [5.41, 5.74) is 3.13. The topological polar surface area (TPSA) is 3.01 Å². The molecule has 3 aliphatic rings. The van der Waals surface area contributed by atoms with Crippen molar-refractivity contribution in [2.24, 2.45) is 5.41 Å². The van der Waals surface area contributed by atoms with Crippen LogP contribution in [0.1, 0.15) is 20.3 Å². The van der Waals surface area contributed by atoms with Crippen LogP contribution in [0, 0.1) is 5.41 Å². The fraction of sp³-hybridized carbons (Fsp3) is 0.545. The standard InChI is InChI=1S/C11H16N/c1-8-5-6-12(4)10-7-11(8,3)9(10)2/h5-6,10H,2,7H2,1,3-4H3/q+1. The van der Waals surface area contributed by atoms with E-state index in [1.54, 1.807) is 0 Å². The van der Waals surface area contributed by atoms with E-state index in [0.717, 1.165) is 0 Å². The Balaban J connectivity index is 2.48. The van der Waals surface area contributed by atoms with E-state index in [4.69, 9.17) is 0 Å². The third-order valence-corrected chi connectivity index (χ3v) is 3.63. The van der Waals surface area contributed by atoms with Crippen molar-refractivity contribution >= 4 is 6.21 Å². The molecular formula is C11H16N+. The summed E-state index contributed by atoms with van der Waals surface area (Å²) in [7, 11) is 2.13. The van der Waals surface area contributed by atoms with Gasteiger partial charge in [-0.05, 0) is 6.92 Å². The van der Waals surface area contributed by atoms with Gasteiger partial charge in [-0.2, -0.15) is 0 Å². The lowest BCUT2D eigenvalue weighted by atomic mass is 9.60. The quantitative estimate of drug-likeness (QED) is 0.378. The van der Waals surface area contributed by atoms with Crippen LogP contribution in [-0.4, -0.2) is 23.9 Å². The molecular weight excluding hydrogens is 146 g/mol. The Kier molecular flexibility index (Phi) is 1.36. The minimum atomic E-state index is 0.298. The molecule has 1 saturated carbocycles. The van der Waals surface area contributed by atoms with Gasteiger partial charge >= 0.3 is 0 Å². The fourth-order valence-electron chi connectivity index (χ4n) is 2.20. The van der Waals surface area contributed by atoms with Crippen molar-refractivity contribution < 1.29 is 4.58 Å². The van der Waals surface area contributed by atoms with Crippen LogP contribution in [0.3, 0.4) is 0 Å². The number of allylic oxidation sites excluding steroid dienone is 2. The highest BCUT2D eigenvalue weighted by molar-refractivity contribution is 5.70. The Labute approximate surface area is 74.1 Å². The maximum atomic E-state index is 4.18. The predicted molar refractivity (Wildman–Crippen MR) is 51.7 cm³/mol. The highest BCUT2D eigenvalue weighted by Crippen LogP contribution is 2.52. The summed E-state index contributed by atoms with van der Waals surface area (Å²) in [6.07, 6.45) is 5.63. The lowest BCUT2D eigenvalue weighted by Gasteiger charge is -2.44. The number of likely N-dealkylation sites (N-methyl/N-ethyl adjacent to an activating group) is 1. The van der Waals surface area contributed by atoms with Crippen LogP contribution in [0.15, 0.2) is 23.8 Å². The lowest BCUT2D eigenvalue weighted by molar-refractivity contribution is -0.537. The van der Waals surface area contributed by atoms with Crippen molar-refractivity contribution in [2.45, 2.75) is 26.3 Å². The highest BCUT2D eigenvalue weighted by atomic mass is 15.0. The number of hydrogen-bond donors (Lipinski definition) is 0. The zero-order valence-corrected chi connectivity index (χ0v) is 8.09. The van der Waals surface area contributed by atoms with E-state index >= 15 is 0 Å². The molecule has 2 bridgehead atoms. The van der Waals surface area contributed by atoms with Crippen molar-refractivity contribution in [2.75, 3.05) is 7.05 Å². The number of hydrogen-bond acceptors (Lipinski definition) is 0. The van der Waals surface area contributed by atoms with Crippen molar-refractivity contribution in [1.29, 1.82) is 0 Å². The summed E-state index contributed by atoms with van der Waals surface area (Å²) in [5.74, 6) is 0. The molecule has 1 heteroatoms. The first kappa shape index (κ1) is 7.78. The van der Waals surface area contributed by atoms with E-state index in [1.807, 2.05) is 0 Å². The van der Waals surface area contributed by atoms with Crippen molar-refractivity contribution in [3.8, 4) is 0 Å². The van der Waals surface area contributed by atoms with E-state index in [9.17, 15) is 0 Å². The maximum Gasteiger partial charge on any atom is 0.175 e. The molecule has 1 aliphatic carbocycles. The van der Waals surface area contributed by atoms with Crippen molar-refractivity contribution in [3.05, 3.63) is 23.8 Å². The zero-order valence-electron chi connectivity index (χ0n) is 8.09. The van der Waals surface area contributed by atoms with E-state index in [2.05, 4.69) is 44.3 Å². The first-order valence-corrected chi connectivity index (χ1v) is 4.49. The first-order valence-electron chi connectivity index (χ1n) is 4.49. The van der Waals surface area contributed by atoms with E-state index < -0.39 is 0 Å². The highest BCUT2D eigenvalue weighted by Gasteiger charge is 2.51. The van der Waals surface area contributed by atoms with Crippen LogP contribution in [0.4, 0.5) is 0 Å². The SMILES string of the molecule is C=C1C2CC1(C)C(C)=CC=[N+]2C. The van der Waals surface area contributed by atoms with Gasteiger partial charge in [0.05, 0.1) is 0 Å². The normalized spacial score (nSPS) is 39.6. The second-order valence-electron chi connectivity index (χ2n) is 4.24. The van der Waals surface area contributed by atoms with Gasteiger partial charge in [-0.25, -0.2) is 4.58 Å². The van der Waals surface area contributed by atoms with Crippen LogP contribution in [-0.2, 0) is 0 Å².